The minimum Gasteiger partial charge on any atom is -0.504 e. The number of rotatable bonds is 6. The van der Waals surface area contributed by atoms with Crippen LogP contribution >= 0.6 is 0 Å². The molecule has 0 spiro atoms. The third-order valence-corrected chi connectivity index (χ3v) is 9.47. The smallest absolute Gasteiger partial charge is 0.305 e. The summed E-state index contributed by atoms with van der Waals surface area (Å²) in [6.45, 7) is 1.56. The Morgan fingerprint density at radius 2 is 1.76 bits per heavy atom. The number of ether oxygens (including phenoxy) is 1. The van der Waals surface area contributed by atoms with Gasteiger partial charge in [-0.2, -0.15) is 0 Å². The second kappa shape index (κ2) is 9.57. The highest BCUT2D eigenvalue weighted by Crippen LogP contribution is 2.63. The van der Waals surface area contributed by atoms with Gasteiger partial charge in [0.05, 0.1) is 42.4 Å². The van der Waals surface area contributed by atoms with Gasteiger partial charge in [0, 0.05) is 12.5 Å². The maximum Gasteiger partial charge on any atom is 0.305 e. The molecule has 6 rings (SSSR count). The number of aromatic hydroxyl groups is 1. The molecule has 0 aromatic heterocycles. The van der Waals surface area contributed by atoms with E-state index >= 15 is 0 Å². The lowest BCUT2D eigenvalue weighted by Crippen LogP contribution is -2.48. The number of nitrogens with zero attached hydrogens (tertiary/aromatic N) is 2. The summed E-state index contributed by atoms with van der Waals surface area (Å²) in [6, 6.07) is 13.6. The normalized spacial score (nSPS) is 30.6. The van der Waals surface area contributed by atoms with Gasteiger partial charge >= 0.3 is 5.97 Å². The summed E-state index contributed by atoms with van der Waals surface area (Å²) in [5.41, 5.74) is 0.612. The molecule has 41 heavy (non-hydrogen) atoms. The lowest BCUT2D eigenvalue weighted by molar-refractivity contribution is -0.142. The van der Waals surface area contributed by atoms with Crippen LogP contribution in [0.5, 0.6) is 11.5 Å². The van der Waals surface area contributed by atoms with Gasteiger partial charge in [-0.3, -0.25) is 28.9 Å². The van der Waals surface area contributed by atoms with Gasteiger partial charge in [-0.1, -0.05) is 35.9 Å². The number of allylic oxidation sites excluding steroid dienone is 2. The van der Waals surface area contributed by atoms with Gasteiger partial charge in [0.1, 0.15) is 0 Å². The number of imide groups is 2. The van der Waals surface area contributed by atoms with Crippen LogP contribution in [0, 0.1) is 29.1 Å². The Bertz CT molecular complexity index is 1520. The first kappa shape index (κ1) is 26.7. The number of para-hydroxylation sites is 1. The van der Waals surface area contributed by atoms with Crippen LogP contribution in [0.15, 0.2) is 60.2 Å². The summed E-state index contributed by atoms with van der Waals surface area (Å²) in [5, 5.41) is 19.8. The summed E-state index contributed by atoms with van der Waals surface area (Å²) >= 11 is 0. The molecule has 2 N–H and O–H groups in total. The average Bonchev–Trinajstić information content (AvgIpc) is 3.31. The quantitative estimate of drug-likeness (QED) is 0.407. The molecule has 4 amide bonds. The van der Waals surface area contributed by atoms with Crippen molar-refractivity contribution in [3.8, 4) is 11.5 Å². The van der Waals surface area contributed by atoms with Crippen LogP contribution in [0.4, 0.5) is 5.69 Å². The van der Waals surface area contributed by atoms with Crippen LogP contribution in [-0.2, 0) is 24.0 Å². The number of carboxylic acids is 1. The van der Waals surface area contributed by atoms with Crippen molar-refractivity contribution in [2.75, 3.05) is 18.6 Å². The van der Waals surface area contributed by atoms with E-state index < -0.39 is 52.8 Å². The number of fused-ring (bicyclic) bond motifs is 4. The van der Waals surface area contributed by atoms with E-state index in [0.29, 0.717) is 11.3 Å². The number of benzene rings is 2. The molecule has 2 heterocycles. The molecule has 2 aromatic rings. The van der Waals surface area contributed by atoms with Crippen molar-refractivity contribution in [3.05, 3.63) is 65.7 Å². The van der Waals surface area contributed by atoms with Crippen LogP contribution in [-0.4, -0.2) is 58.4 Å². The summed E-state index contributed by atoms with van der Waals surface area (Å²) in [4.78, 5) is 68.7. The molecule has 10 heteroatoms. The zero-order chi connectivity index (χ0) is 29.2. The highest BCUT2D eigenvalue weighted by molar-refractivity contribution is 6.24. The predicted octanol–water partition coefficient (Wildman–Crippen LogP) is 3.11. The number of amides is 4. The zero-order valence-electron chi connectivity index (χ0n) is 22.6. The van der Waals surface area contributed by atoms with Gasteiger partial charge in [0.25, 0.3) is 0 Å². The fourth-order valence-corrected chi connectivity index (χ4v) is 7.60. The van der Waals surface area contributed by atoms with Crippen molar-refractivity contribution in [1.82, 2.24) is 4.90 Å². The van der Waals surface area contributed by atoms with Crippen LogP contribution in [0.3, 0.4) is 0 Å². The van der Waals surface area contributed by atoms with Crippen LogP contribution in [0.1, 0.15) is 37.7 Å². The zero-order valence-corrected chi connectivity index (χ0v) is 22.6. The van der Waals surface area contributed by atoms with E-state index in [9.17, 15) is 29.1 Å². The maximum atomic E-state index is 14.3. The van der Waals surface area contributed by atoms with Gasteiger partial charge in [-0.15, -0.1) is 0 Å². The third kappa shape index (κ3) is 3.80. The molecule has 4 aliphatic rings. The Morgan fingerprint density at radius 1 is 1.02 bits per heavy atom. The fourth-order valence-electron chi connectivity index (χ4n) is 7.60. The molecule has 212 valence electrons. The van der Waals surface area contributed by atoms with Gasteiger partial charge in [-0.25, -0.2) is 4.90 Å². The molecule has 2 aromatic carbocycles. The number of hydrogen-bond donors (Lipinski definition) is 2. The number of carbonyl (C=O) groups excluding carboxylic acids is 4. The molecular formula is C31H30N2O8. The van der Waals surface area contributed by atoms with Crippen molar-refractivity contribution < 1.29 is 38.9 Å². The third-order valence-electron chi connectivity index (χ3n) is 9.47. The monoisotopic (exact) mass is 558 g/mol. The number of aliphatic carboxylic acids is 1. The molecule has 3 fully saturated rings. The fraction of sp³-hybridized carbons (Fsp3) is 0.387. The minimum absolute atomic E-state index is 0.120. The Labute approximate surface area is 236 Å². The lowest BCUT2D eigenvalue weighted by atomic mass is 9.51. The van der Waals surface area contributed by atoms with Crippen molar-refractivity contribution >= 4 is 35.3 Å². The number of hydrogen-bond acceptors (Lipinski definition) is 7. The molecule has 6 unspecified atom stereocenters. The van der Waals surface area contributed by atoms with Gasteiger partial charge in [-0.05, 0) is 55.5 Å². The molecule has 1 saturated carbocycles. The Hall–Kier alpha value is -4.47. The standard InChI is InChI=1S/C31H30N2O8/c1-31-21(28(38)33(30(31)40)17-6-4-3-5-7-17)15-20-18(26(31)16-8-11-23(41-2)22(34)14-16)9-10-19-25(20)29(39)32(27(19)37)13-12-24(35)36/h3-9,11,14,19-21,25-26,34H,10,12-13,15H2,1-2H3,(H,35,36). The second-order valence-corrected chi connectivity index (χ2v) is 11.4. The van der Waals surface area contributed by atoms with Crippen LogP contribution in [0.25, 0.3) is 0 Å². The van der Waals surface area contributed by atoms with E-state index in [1.165, 1.54) is 18.1 Å². The predicted molar refractivity (Wildman–Crippen MR) is 145 cm³/mol. The van der Waals surface area contributed by atoms with Crippen LogP contribution < -0.4 is 9.64 Å². The molecule has 0 bridgehead atoms. The molecule has 6 atom stereocenters. The van der Waals surface area contributed by atoms with E-state index in [-0.39, 0.29) is 49.1 Å². The Morgan fingerprint density at radius 3 is 2.41 bits per heavy atom. The SMILES string of the molecule is COc1ccc(C2C3=CCC4C(=O)N(CCC(=O)O)C(=O)C4C3CC3C(=O)N(c4ccccc4)C(=O)C32C)cc1O. The van der Waals surface area contributed by atoms with Crippen molar-refractivity contribution in [1.29, 1.82) is 0 Å². The summed E-state index contributed by atoms with van der Waals surface area (Å²) in [6.07, 6.45) is 2.01. The highest BCUT2D eigenvalue weighted by Gasteiger charge is 2.67. The van der Waals surface area contributed by atoms with Crippen molar-refractivity contribution in [3.63, 3.8) is 0 Å². The first-order valence-corrected chi connectivity index (χ1v) is 13.7. The molecule has 2 aliphatic carbocycles. The maximum absolute atomic E-state index is 14.3. The van der Waals surface area contributed by atoms with Crippen molar-refractivity contribution in [2.45, 2.75) is 32.1 Å². The molecule has 2 saturated heterocycles. The summed E-state index contributed by atoms with van der Waals surface area (Å²) in [5.74, 6) is -5.92. The van der Waals surface area contributed by atoms with Crippen molar-refractivity contribution in [2.24, 2.45) is 29.1 Å². The van der Waals surface area contributed by atoms with E-state index in [1.807, 2.05) is 6.08 Å². The molecule has 0 radical (unpaired) electrons. The van der Waals surface area contributed by atoms with Gasteiger partial charge in [0.2, 0.25) is 23.6 Å². The number of phenols is 1. The summed E-state index contributed by atoms with van der Waals surface area (Å²) in [7, 11) is 1.43. The van der Waals surface area contributed by atoms with E-state index in [1.54, 1.807) is 49.4 Å². The largest absolute Gasteiger partial charge is 0.504 e. The number of anilines is 1. The summed E-state index contributed by atoms with van der Waals surface area (Å²) < 4.78 is 5.23. The first-order chi connectivity index (χ1) is 19.6. The Kier molecular flexibility index (Phi) is 6.24. The number of carbonyl (C=O) groups is 5. The van der Waals surface area contributed by atoms with E-state index in [4.69, 9.17) is 9.84 Å². The van der Waals surface area contributed by atoms with E-state index in [2.05, 4.69) is 0 Å². The molecule has 10 nitrogen and oxygen atoms in total. The highest BCUT2D eigenvalue weighted by atomic mass is 16.5. The number of likely N-dealkylation sites (tertiary alicyclic amines) is 1. The molecule has 2 aliphatic heterocycles. The number of methoxy groups -OCH3 is 1. The topological polar surface area (TPSA) is 142 Å². The minimum atomic E-state index is -1.22. The lowest BCUT2D eigenvalue weighted by Gasteiger charge is -2.49. The number of carboxylic acid groups (broad SMARTS) is 1. The van der Waals surface area contributed by atoms with Gasteiger partial charge < -0.3 is 14.9 Å². The second-order valence-electron chi connectivity index (χ2n) is 11.4. The first-order valence-electron chi connectivity index (χ1n) is 13.7. The average molecular weight is 559 g/mol. The molecular weight excluding hydrogens is 528 g/mol. The van der Waals surface area contributed by atoms with Gasteiger partial charge in [0.15, 0.2) is 11.5 Å². The van der Waals surface area contributed by atoms with Crippen LogP contribution in [0.2, 0.25) is 0 Å². The number of phenolic OH excluding ortho intramolecular Hbond substituents is 1. The van der Waals surface area contributed by atoms with E-state index in [0.717, 1.165) is 10.5 Å². The Balaban J connectivity index is 1.48.